The van der Waals surface area contributed by atoms with Crippen molar-refractivity contribution >= 4 is 38.8 Å². The van der Waals surface area contributed by atoms with Gasteiger partial charge in [0.25, 0.3) is 5.91 Å². The van der Waals surface area contributed by atoms with Gasteiger partial charge in [0.1, 0.15) is 5.75 Å². The number of methoxy groups -OCH3 is 1. The third kappa shape index (κ3) is 9.19. The van der Waals surface area contributed by atoms with Crippen LogP contribution in [-0.4, -0.2) is 74.8 Å². The number of carbonyl (C=O) groups excluding carboxylic acids is 1. The summed E-state index contributed by atoms with van der Waals surface area (Å²) in [5, 5.41) is 9.61. The number of anilines is 2. The lowest BCUT2D eigenvalue weighted by molar-refractivity contribution is 0.0952. The van der Waals surface area contributed by atoms with E-state index in [9.17, 15) is 4.79 Å². The lowest BCUT2D eigenvalue weighted by atomic mass is 9.98. The number of rotatable bonds is 11. The highest BCUT2D eigenvalue weighted by molar-refractivity contribution is 7.15. The predicted molar refractivity (Wildman–Crippen MR) is 188 cm³/mol. The number of ether oxygens (including phenoxy) is 1. The molecule has 1 aliphatic carbocycles. The number of nitrogens with two attached hydrogens (primary N) is 1. The largest absolute Gasteiger partial charge is 0.495 e. The molecule has 2 heterocycles. The van der Waals surface area contributed by atoms with Crippen molar-refractivity contribution in [2.75, 3.05) is 63.6 Å². The standard InChI is InChI=1S/C26H31N3O2.C10H17N3S/c1-31-25-11-5-4-10-24(25)29-18-16-28(17-19-29)15-7-6-14-27-26(30)23-13-12-21-8-2-3-9-22(21)20-23;1-2-5-12-7-3-4-8-9(6-7)14-10(11)13-8/h2-5,8-13,20H,6-7,14-19H2,1H3,(H,27,30);7,12H,2-6H2,1H3,(H2,11,13)/t;7-/m.0/s1. The Hall–Kier alpha value is -3.66. The average molecular weight is 629 g/mol. The van der Waals surface area contributed by atoms with Crippen LogP contribution in [0.5, 0.6) is 5.75 Å². The highest BCUT2D eigenvalue weighted by Crippen LogP contribution is 2.29. The number of carbonyl (C=O) groups is 1. The lowest BCUT2D eigenvalue weighted by Gasteiger charge is -2.36. The van der Waals surface area contributed by atoms with E-state index in [0.717, 1.165) is 92.2 Å². The molecule has 1 atom stereocenters. The number of nitrogens with one attached hydrogen (secondary N) is 2. The molecule has 0 spiro atoms. The Labute approximate surface area is 272 Å². The van der Waals surface area contributed by atoms with Crippen molar-refractivity contribution in [3.8, 4) is 5.75 Å². The first-order valence-corrected chi connectivity index (χ1v) is 17.2. The van der Waals surface area contributed by atoms with E-state index in [1.807, 2.05) is 48.5 Å². The summed E-state index contributed by atoms with van der Waals surface area (Å²) in [6, 6.07) is 22.9. The fourth-order valence-corrected chi connectivity index (χ4v) is 7.07. The van der Waals surface area contributed by atoms with Crippen molar-refractivity contribution in [1.82, 2.24) is 20.5 Å². The maximum atomic E-state index is 12.4. The molecule has 0 saturated carbocycles. The first-order chi connectivity index (χ1) is 22.0. The second-order valence-corrected chi connectivity index (χ2v) is 13.0. The summed E-state index contributed by atoms with van der Waals surface area (Å²) in [5.74, 6) is 0.953. The molecule has 0 radical (unpaired) electrons. The summed E-state index contributed by atoms with van der Waals surface area (Å²) in [6.07, 6.45) is 6.69. The molecule has 8 nitrogen and oxygen atoms in total. The highest BCUT2D eigenvalue weighted by Gasteiger charge is 2.21. The molecule has 0 unspecified atom stereocenters. The number of nitrogens with zero attached hydrogens (tertiary/aromatic N) is 3. The van der Waals surface area contributed by atoms with Gasteiger partial charge in [-0.3, -0.25) is 9.69 Å². The molecule has 1 aliphatic heterocycles. The number of benzene rings is 3. The SMILES string of the molecule is CCCN[C@H]1CCc2nc(N)sc2C1.COc1ccccc1N1CCN(CCCCNC(=O)c2ccc3ccccc3c2)CC1. The Morgan fingerprint density at radius 1 is 1.00 bits per heavy atom. The van der Waals surface area contributed by atoms with Crippen molar-refractivity contribution in [2.24, 2.45) is 0 Å². The van der Waals surface area contributed by atoms with Gasteiger partial charge in [-0.25, -0.2) is 4.98 Å². The fourth-order valence-electron chi connectivity index (χ4n) is 6.12. The van der Waals surface area contributed by atoms with Gasteiger partial charge < -0.3 is 26.0 Å². The van der Waals surface area contributed by atoms with Gasteiger partial charge >= 0.3 is 0 Å². The van der Waals surface area contributed by atoms with E-state index in [1.165, 1.54) is 29.1 Å². The van der Waals surface area contributed by atoms with Crippen LogP contribution in [0.2, 0.25) is 0 Å². The molecule has 1 aromatic heterocycles. The van der Waals surface area contributed by atoms with Crippen LogP contribution in [0.4, 0.5) is 10.8 Å². The molecule has 240 valence electrons. The van der Waals surface area contributed by atoms with Crippen LogP contribution < -0.4 is 26.0 Å². The number of para-hydroxylation sites is 2. The Kier molecular flexibility index (Phi) is 12.1. The van der Waals surface area contributed by atoms with Crippen LogP contribution in [0.3, 0.4) is 0 Å². The molecule has 1 saturated heterocycles. The van der Waals surface area contributed by atoms with Crippen LogP contribution >= 0.6 is 11.3 Å². The molecular formula is C36H48N6O2S. The molecule has 45 heavy (non-hydrogen) atoms. The summed E-state index contributed by atoms with van der Waals surface area (Å²) < 4.78 is 5.50. The number of amides is 1. The topological polar surface area (TPSA) is 95.8 Å². The zero-order chi connectivity index (χ0) is 31.4. The lowest BCUT2D eigenvalue weighted by Crippen LogP contribution is -2.46. The summed E-state index contributed by atoms with van der Waals surface area (Å²) in [4.78, 5) is 23.1. The maximum Gasteiger partial charge on any atom is 0.251 e. The van der Waals surface area contributed by atoms with Crippen molar-refractivity contribution in [3.63, 3.8) is 0 Å². The molecule has 1 fully saturated rings. The number of piperazine rings is 1. The van der Waals surface area contributed by atoms with Gasteiger partial charge in [0.05, 0.1) is 18.5 Å². The normalized spacial score (nSPS) is 16.5. The molecule has 4 N–H and O–H groups in total. The fraction of sp³-hybridized carbons (Fsp3) is 0.444. The van der Waals surface area contributed by atoms with E-state index in [2.05, 4.69) is 50.5 Å². The number of thiazole rings is 1. The first-order valence-electron chi connectivity index (χ1n) is 16.4. The van der Waals surface area contributed by atoms with Crippen LogP contribution in [0.15, 0.2) is 66.7 Å². The van der Waals surface area contributed by atoms with Gasteiger partial charge in [-0.1, -0.05) is 49.4 Å². The minimum Gasteiger partial charge on any atom is -0.495 e. The summed E-state index contributed by atoms with van der Waals surface area (Å²) in [5.41, 5.74) is 8.84. The Morgan fingerprint density at radius 3 is 2.58 bits per heavy atom. The van der Waals surface area contributed by atoms with Gasteiger partial charge in [-0.15, -0.1) is 11.3 Å². The number of nitrogen functional groups attached to an aromatic ring is 1. The Morgan fingerprint density at radius 2 is 1.78 bits per heavy atom. The van der Waals surface area contributed by atoms with Gasteiger partial charge in [-0.2, -0.15) is 0 Å². The van der Waals surface area contributed by atoms with Gasteiger partial charge in [0, 0.05) is 49.2 Å². The number of unbranched alkanes of at least 4 members (excludes halogenated alkanes) is 1. The van der Waals surface area contributed by atoms with Crippen molar-refractivity contribution < 1.29 is 9.53 Å². The van der Waals surface area contributed by atoms with E-state index >= 15 is 0 Å². The van der Waals surface area contributed by atoms with Gasteiger partial charge in [-0.05, 0) is 86.7 Å². The third-order valence-corrected chi connectivity index (χ3v) is 9.58. The van der Waals surface area contributed by atoms with Crippen molar-refractivity contribution in [3.05, 3.63) is 82.9 Å². The summed E-state index contributed by atoms with van der Waals surface area (Å²) >= 11 is 1.65. The molecule has 1 amide bonds. The van der Waals surface area contributed by atoms with E-state index < -0.39 is 0 Å². The number of hydrogen-bond acceptors (Lipinski definition) is 8. The van der Waals surface area contributed by atoms with E-state index in [0.29, 0.717) is 12.6 Å². The van der Waals surface area contributed by atoms with Gasteiger partial charge in [0.2, 0.25) is 0 Å². The van der Waals surface area contributed by atoms with Crippen LogP contribution in [0, 0.1) is 0 Å². The van der Waals surface area contributed by atoms with Crippen LogP contribution in [-0.2, 0) is 12.8 Å². The maximum absolute atomic E-state index is 12.4. The predicted octanol–water partition coefficient (Wildman–Crippen LogP) is 5.76. The second-order valence-electron chi connectivity index (χ2n) is 11.8. The van der Waals surface area contributed by atoms with Crippen LogP contribution in [0.25, 0.3) is 10.8 Å². The van der Waals surface area contributed by atoms with E-state index in [1.54, 1.807) is 18.4 Å². The molecule has 4 aromatic rings. The number of fused-ring (bicyclic) bond motifs is 2. The summed E-state index contributed by atoms with van der Waals surface area (Å²) in [6.45, 7) is 9.25. The molecule has 6 rings (SSSR count). The van der Waals surface area contributed by atoms with Crippen molar-refractivity contribution in [1.29, 1.82) is 0 Å². The van der Waals surface area contributed by atoms with Crippen LogP contribution in [0.1, 0.15) is 53.5 Å². The Bertz CT molecular complexity index is 1520. The Balaban J connectivity index is 0.000000238. The van der Waals surface area contributed by atoms with E-state index in [4.69, 9.17) is 10.5 Å². The second kappa shape index (κ2) is 16.6. The van der Waals surface area contributed by atoms with Crippen molar-refractivity contribution in [2.45, 2.75) is 51.5 Å². The first kappa shape index (κ1) is 32.7. The minimum atomic E-state index is 0.0103. The van der Waals surface area contributed by atoms with Gasteiger partial charge in [0.15, 0.2) is 5.13 Å². The number of aryl methyl sites for hydroxylation is 1. The molecule has 2 aliphatic rings. The number of hydrogen-bond donors (Lipinski definition) is 3. The highest BCUT2D eigenvalue weighted by atomic mass is 32.1. The molecule has 3 aromatic carbocycles. The zero-order valence-corrected chi connectivity index (χ0v) is 27.6. The smallest absolute Gasteiger partial charge is 0.251 e. The van der Waals surface area contributed by atoms with E-state index in [-0.39, 0.29) is 5.91 Å². The zero-order valence-electron chi connectivity index (χ0n) is 26.8. The molecule has 9 heteroatoms. The molecule has 0 bridgehead atoms. The average Bonchev–Trinajstić information content (AvgIpc) is 3.46. The monoisotopic (exact) mass is 628 g/mol. The quantitative estimate of drug-likeness (QED) is 0.182. The summed E-state index contributed by atoms with van der Waals surface area (Å²) in [7, 11) is 1.73. The third-order valence-electron chi connectivity index (χ3n) is 8.64. The molecular weight excluding hydrogens is 581 g/mol. The minimum absolute atomic E-state index is 0.0103. The number of aromatic nitrogens is 1.